The highest BCUT2D eigenvalue weighted by Gasteiger charge is 2.35. The van der Waals surface area contributed by atoms with Gasteiger partial charge in [-0.1, -0.05) is 65.0 Å². The summed E-state index contributed by atoms with van der Waals surface area (Å²) in [5.74, 6) is -7.77. The molecule has 0 aliphatic carbocycles. The Morgan fingerprint density at radius 2 is 1.20 bits per heavy atom. The van der Waals surface area contributed by atoms with Crippen molar-refractivity contribution in [3.63, 3.8) is 0 Å². The van der Waals surface area contributed by atoms with Gasteiger partial charge in [-0.05, 0) is 36.2 Å². The third-order valence-corrected chi connectivity index (χ3v) is 7.07. The predicted molar refractivity (Wildman–Crippen MR) is 177 cm³/mol. The molecule has 0 fully saturated rings. The van der Waals surface area contributed by atoms with Gasteiger partial charge >= 0.3 is 11.9 Å². The lowest BCUT2D eigenvalue weighted by atomic mass is 9.87. The molecular formula is C33H50N6O10. The van der Waals surface area contributed by atoms with Crippen molar-refractivity contribution in [2.45, 2.75) is 110 Å². The van der Waals surface area contributed by atoms with Gasteiger partial charge in [0.2, 0.25) is 35.4 Å². The number of rotatable bonds is 20. The van der Waals surface area contributed by atoms with E-state index >= 15 is 0 Å². The average Bonchev–Trinajstić information content (AvgIpc) is 2.96. The van der Waals surface area contributed by atoms with Crippen LogP contribution < -0.4 is 32.3 Å². The molecule has 1 aromatic carbocycles. The molecule has 0 bridgehead atoms. The summed E-state index contributed by atoms with van der Waals surface area (Å²) in [7, 11) is 0. The van der Waals surface area contributed by atoms with E-state index in [1.54, 1.807) is 65.0 Å². The Morgan fingerprint density at radius 3 is 1.69 bits per heavy atom. The summed E-state index contributed by atoms with van der Waals surface area (Å²) in [5.41, 5.74) is 5.27. The zero-order valence-corrected chi connectivity index (χ0v) is 28.8. The van der Waals surface area contributed by atoms with Crippen LogP contribution in [0.4, 0.5) is 0 Å². The first kappa shape index (κ1) is 42.0. The first-order valence-electron chi connectivity index (χ1n) is 15.9. The molecule has 16 nitrogen and oxygen atoms in total. The normalized spacial score (nSPS) is 14.3. The number of carbonyl (C=O) groups is 8. The lowest BCUT2D eigenvalue weighted by Gasteiger charge is -2.29. The topological polar surface area (TPSA) is 263 Å². The second-order valence-electron chi connectivity index (χ2n) is 13.5. The van der Waals surface area contributed by atoms with Gasteiger partial charge in [-0.3, -0.25) is 33.6 Å². The van der Waals surface area contributed by atoms with Gasteiger partial charge in [-0.25, -0.2) is 4.79 Å². The summed E-state index contributed by atoms with van der Waals surface area (Å²) in [4.78, 5) is 100. The smallest absolute Gasteiger partial charge is 0.326 e. The maximum Gasteiger partial charge on any atom is 0.326 e. The fourth-order valence-electron chi connectivity index (χ4n) is 4.85. The van der Waals surface area contributed by atoms with Crippen LogP contribution in [0.3, 0.4) is 0 Å². The van der Waals surface area contributed by atoms with Gasteiger partial charge in [-0.15, -0.1) is 0 Å². The Bertz CT molecular complexity index is 1340. The number of nitrogens with two attached hydrogens (primary N) is 1. The number of carboxylic acid groups (broad SMARTS) is 2. The van der Waals surface area contributed by atoms with Crippen LogP contribution in [0.1, 0.15) is 79.2 Å². The second-order valence-corrected chi connectivity index (χ2v) is 13.5. The highest BCUT2D eigenvalue weighted by Crippen LogP contribution is 2.21. The van der Waals surface area contributed by atoms with Gasteiger partial charge in [0.25, 0.3) is 0 Å². The summed E-state index contributed by atoms with van der Waals surface area (Å²) in [6.45, 7) is 10.0. The van der Waals surface area contributed by atoms with Gasteiger partial charge in [0.05, 0.1) is 6.42 Å². The number of hydrogen-bond donors (Lipinski definition) is 8. The number of carboxylic acids is 2. The molecule has 0 saturated heterocycles. The molecule has 1 rings (SSSR count). The van der Waals surface area contributed by atoms with E-state index in [0.29, 0.717) is 5.56 Å². The molecule has 49 heavy (non-hydrogen) atoms. The van der Waals surface area contributed by atoms with Crippen LogP contribution in [-0.4, -0.2) is 87.8 Å². The first-order chi connectivity index (χ1) is 22.7. The van der Waals surface area contributed by atoms with Crippen molar-refractivity contribution in [1.29, 1.82) is 0 Å². The number of amides is 6. The zero-order chi connectivity index (χ0) is 37.5. The Morgan fingerprint density at radius 1 is 0.714 bits per heavy atom. The Kier molecular flexibility index (Phi) is 16.9. The molecule has 0 aliphatic heterocycles. The minimum Gasteiger partial charge on any atom is -0.481 e. The molecule has 5 atom stereocenters. The minimum absolute atomic E-state index is 0.0188. The van der Waals surface area contributed by atoms with Crippen molar-refractivity contribution >= 4 is 47.4 Å². The Labute approximate surface area is 285 Å². The van der Waals surface area contributed by atoms with E-state index in [4.69, 9.17) is 5.73 Å². The number of aliphatic carboxylic acids is 2. The van der Waals surface area contributed by atoms with Crippen molar-refractivity contribution in [3.8, 4) is 0 Å². The molecule has 9 N–H and O–H groups in total. The molecule has 0 aromatic heterocycles. The van der Waals surface area contributed by atoms with Crippen molar-refractivity contribution in [2.75, 3.05) is 0 Å². The third kappa shape index (κ3) is 17.1. The summed E-state index contributed by atoms with van der Waals surface area (Å²) >= 11 is 0. The SMILES string of the molecule is CC(=O)N[C@@H](CCC(N)=O)C(=O)N[C@@H](CC(C)(C)C)C(=O)N[C@@H](CC(=O)O)C(=O)N[C@@H](CC(C)C)C(=O)N[C@@H](Cc1ccccc1)C(=O)O. The van der Waals surface area contributed by atoms with E-state index in [9.17, 15) is 48.6 Å². The van der Waals surface area contributed by atoms with Crippen molar-refractivity contribution in [1.82, 2.24) is 26.6 Å². The van der Waals surface area contributed by atoms with E-state index < -0.39 is 89.4 Å². The van der Waals surface area contributed by atoms with E-state index in [1.165, 1.54) is 0 Å². The van der Waals surface area contributed by atoms with Crippen molar-refractivity contribution < 1.29 is 48.6 Å². The third-order valence-electron chi connectivity index (χ3n) is 7.07. The zero-order valence-electron chi connectivity index (χ0n) is 28.8. The summed E-state index contributed by atoms with van der Waals surface area (Å²) < 4.78 is 0. The largest absolute Gasteiger partial charge is 0.481 e. The van der Waals surface area contributed by atoms with E-state index in [-0.39, 0.29) is 38.0 Å². The fraction of sp³-hybridized carbons (Fsp3) is 0.576. The molecule has 0 unspecified atom stereocenters. The molecule has 0 saturated carbocycles. The molecule has 0 radical (unpaired) electrons. The molecule has 272 valence electrons. The number of hydrogen-bond acceptors (Lipinski definition) is 8. The standard InChI is InChI=1S/C33H50N6O10/c1-18(2)14-22(29(45)38-24(32(48)49)15-20-10-8-7-9-11-20)36-30(46)23(16-27(42)43)37-31(47)25(17-33(4,5)6)39-28(44)21(35-19(3)40)12-13-26(34)41/h7-11,18,21-25H,12-17H2,1-6H3,(H2,34,41)(H,35,40)(H,36,46)(H,37,47)(H,38,45)(H,39,44)(H,42,43)(H,48,49)/t21-,22-,23-,24-,25-/m0/s1. The number of primary amides is 1. The molecule has 0 spiro atoms. The van der Waals surface area contributed by atoms with Gasteiger partial charge in [0.1, 0.15) is 30.2 Å². The van der Waals surface area contributed by atoms with E-state index in [0.717, 1.165) is 6.92 Å². The monoisotopic (exact) mass is 690 g/mol. The molecular weight excluding hydrogens is 640 g/mol. The second kappa shape index (κ2) is 19.7. The molecule has 16 heteroatoms. The van der Waals surface area contributed by atoms with E-state index in [1.807, 2.05) is 0 Å². The average molecular weight is 691 g/mol. The van der Waals surface area contributed by atoms with Crippen molar-refractivity contribution in [3.05, 3.63) is 35.9 Å². The molecule has 1 aromatic rings. The van der Waals surface area contributed by atoms with Gasteiger partial charge in [-0.2, -0.15) is 0 Å². The summed E-state index contributed by atoms with van der Waals surface area (Å²) in [5, 5.41) is 31.5. The van der Waals surface area contributed by atoms with Gasteiger partial charge in [0.15, 0.2) is 0 Å². The minimum atomic E-state index is -1.70. The summed E-state index contributed by atoms with van der Waals surface area (Å²) in [6.07, 6.45) is -1.23. The van der Waals surface area contributed by atoms with Gasteiger partial charge in [0, 0.05) is 19.8 Å². The van der Waals surface area contributed by atoms with Crippen LogP contribution in [0.15, 0.2) is 30.3 Å². The van der Waals surface area contributed by atoms with Crippen LogP contribution in [0, 0.1) is 11.3 Å². The molecule has 6 amide bonds. The maximum atomic E-state index is 13.6. The summed E-state index contributed by atoms with van der Waals surface area (Å²) in [6, 6.07) is 1.75. The lowest BCUT2D eigenvalue weighted by Crippen LogP contribution is -2.59. The van der Waals surface area contributed by atoms with E-state index in [2.05, 4.69) is 26.6 Å². The highest BCUT2D eigenvalue weighted by atomic mass is 16.4. The van der Waals surface area contributed by atoms with Crippen LogP contribution in [0.25, 0.3) is 0 Å². The Balaban J connectivity index is 3.26. The fourth-order valence-corrected chi connectivity index (χ4v) is 4.85. The van der Waals surface area contributed by atoms with Crippen molar-refractivity contribution in [2.24, 2.45) is 17.1 Å². The first-order valence-corrected chi connectivity index (χ1v) is 15.9. The lowest BCUT2D eigenvalue weighted by molar-refractivity contribution is -0.143. The quantitative estimate of drug-likeness (QED) is 0.0906. The molecule has 0 heterocycles. The number of benzene rings is 1. The molecule has 0 aliphatic rings. The Hall–Kier alpha value is -5.02. The maximum absolute atomic E-state index is 13.6. The predicted octanol–water partition coefficient (Wildman–Crippen LogP) is -0.0199. The van der Waals surface area contributed by atoms with Crippen LogP contribution in [0.5, 0.6) is 0 Å². The number of carbonyl (C=O) groups excluding carboxylic acids is 6. The van der Waals surface area contributed by atoms with Crippen LogP contribution >= 0.6 is 0 Å². The van der Waals surface area contributed by atoms with Gasteiger partial charge < -0.3 is 42.5 Å². The van der Waals surface area contributed by atoms with Crippen LogP contribution in [-0.2, 0) is 44.8 Å². The van der Waals surface area contributed by atoms with Crippen LogP contribution in [0.2, 0.25) is 0 Å². The highest BCUT2D eigenvalue weighted by molar-refractivity contribution is 5.97. The number of nitrogens with one attached hydrogen (secondary N) is 5.